The van der Waals surface area contributed by atoms with Gasteiger partial charge in [-0.15, -0.1) is 0 Å². The van der Waals surface area contributed by atoms with Crippen LogP contribution in [-0.2, 0) is 19.0 Å². The van der Waals surface area contributed by atoms with Crippen molar-refractivity contribution >= 4 is 5.97 Å². The summed E-state index contributed by atoms with van der Waals surface area (Å²) in [7, 11) is 0. The number of carbonyl (C=O) groups is 1. The van der Waals surface area contributed by atoms with Gasteiger partial charge in [-0.2, -0.15) is 0 Å². The fraction of sp³-hybridized carbons (Fsp3) is 0.727. The van der Waals surface area contributed by atoms with Crippen LogP contribution in [0.1, 0.15) is 34.6 Å². The molecule has 0 amide bonds. The molecule has 0 saturated carbocycles. The first-order chi connectivity index (χ1) is 6.82. The molecule has 0 aliphatic carbocycles. The Labute approximate surface area is 91.2 Å². The molecule has 4 nitrogen and oxygen atoms in total. The van der Waals surface area contributed by atoms with Crippen molar-refractivity contribution in [3.63, 3.8) is 0 Å². The minimum Gasteiger partial charge on any atom is -0.407 e. The average Bonchev–Trinajstić information content (AvgIpc) is 2.00. The molecule has 0 radical (unpaired) electrons. The van der Waals surface area contributed by atoms with E-state index < -0.39 is 12.4 Å². The van der Waals surface area contributed by atoms with Gasteiger partial charge in [0.05, 0.1) is 12.2 Å². The van der Waals surface area contributed by atoms with Crippen molar-refractivity contribution in [2.45, 2.75) is 53.3 Å². The Morgan fingerprint density at radius 1 is 1.07 bits per heavy atom. The molecule has 0 rings (SSSR count). The predicted molar refractivity (Wildman–Crippen MR) is 57.1 cm³/mol. The van der Waals surface area contributed by atoms with Gasteiger partial charge in [0, 0.05) is 5.57 Å². The van der Waals surface area contributed by atoms with Crippen molar-refractivity contribution in [2.24, 2.45) is 0 Å². The molecule has 0 aromatic carbocycles. The summed E-state index contributed by atoms with van der Waals surface area (Å²) in [6.07, 6.45) is -0.154. The number of esters is 1. The maximum Gasteiger partial charge on any atom is 0.337 e. The highest BCUT2D eigenvalue weighted by atomic mass is 16.9. The van der Waals surface area contributed by atoms with Gasteiger partial charge in [-0.1, -0.05) is 6.58 Å². The Balaban J connectivity index is 4.23. The molecule has 0 aliphatic heterocycles. The fourth-order valence-electron chi connectivity index (χ4n) is 0.720. The van der Waals surface area contributed by atoms with Gasteiger partial charge in [0.2, 0.25) is 0 Å². The Morgan fingerprint density at radius 2 is 1.47 bits per heavy atom. The molecular weight excluding hydrogens is 196 g/mol. The van der Waals surface area contributed by atoms with Gasteiger partial charge in [0.15, 0.2) is 0 Å². The Hall–Kier alpha value is -0.870. The molecule has 0 aromatic heterocycles. The van der Waals surface area contributed by atoms with Crippen LogP contribution in [-0.4, -0.2) is 24.7 Å². The van der Waals surface area contributed by atoms with Crippen LogP contribution in [0.5, 0.6) is 0 Å². The quantitative estimate of drug-likeness (QED) is 0.388. The second-order valence-electron chi connectivity index (χ2n) is 3.84. The molecule has 15 heavy (non-hydrogen) atoms. The van der Waals surface area contributed by atoms with Gasteiger partial charge >= 0.3 is 12.4 Å². The van der Waals surface area contributed by atoms with Crippen LogP contribution in [0.3, 0.4) is 0 Å². The van der Waals surface area contributed by atoms with Crippen molar-refractivity contribution in [1.29, 1.82) is 0 Å². The van der Waals surface area contributed by atoms with Crippen molar-refractivity contribution in [2.75, 3.05) is 0 Å². The molecule has 0 unspecified atom stereocenters. The topological polar surface area (TPSA) is 44.8 Å². The molecule has 0 bridgehead atoms. The lowest BCUT2D eigenvalue weighted by Gasteiger charge is -2.22. The third-order valence-electron chi connectivity index (χ3n) is 1.32. The van der Waals surface area contributed by atoms with Gasteiger partial charge in [0.1, 0.15) is 0 Å². The number of ether oxygens (including phenoxy) is 3. The van der Waals surface area contributed by atoms with Crippen molar-refractivity contribution in [3.05, 3.63) is 12.2 Å². The summed E-state index contributed by atoms with van der Waals surface area (Å²) in [5.41, 5.74) is 0.319. The first kappa shape index (κ1) is 14.1. The largest absolute Gasteiger partial charge is 0.407 e. The van der Waals surface area contributed by atoms with Crippen LogP contribution < -0.4 is 0 Å². The zero-order valence-corrected chi connectivity index (χ0v) is 10.1. The summed E-state index contributed by atoms with van der Waals surface area (Å²) in [5.74, 6) is -0.513. The van der Waals surface area contributed by atoms with E-state index in [0.717, 1.165) is 0 Å². The van der Waals surface area contributed by atoms with Crippen LogP contribution in [0.15, 0.2) is 12.2 Å². The number of hydrogen-bond donors (Lipinski definition) is 0. The maximum atomic E-state index is 11.2. The summed E-state index contributed by atoms with van der Waals surface area (Å²) in [6, 6.07) is 0. The molecule has 0 spiro atoms. The molecule has 0 atom stereocenters. The molecule has 0 aliphatic rings. The zero-order valence-electron chi connectivity index (χ0n) is 10.1. The highest BCUT2D eigenvalue weighted by molar-refractivity contribution is 5.86. The smallest absolute Gasteiger partial charge is 0.337 e. The van der Waals surface area contributed by atoms with E-state index in [1.807, 2.05) is 27.7 Å². The SMILES string of the molecule is C=C(C)C(=O)OC(OC(C)C)OC(C)C. The van der Waals surface area contributed by atoms with Gasteiger partial charge in [0.25, 0.3) is 0 Å². The van der Waals surface area contributed by atoms with Crippen molar-refractivity contribution in [3.8, 4) is 0 Å². The highest BCUT2D eigenvalue weighted by Gasteiger charge is 2.18. The van der Waals surface area contributed by atoms with Gasteiger partial charge in [-0.3, -0.25) is 0 Å². The summed E-state index contributed by atoms with van der Waals surface area (Å²) in [5, 5.41) is 0. The summed E-state index contributed by atoms with van der Waals surface area (Å²) >= 11 is 0. The first-order valence-electron chi connectivity index (χ1n) is 5.00. The average molecular weight is 216 g/mol. The Bertz CT molecular complexity index is 211. The lowest BCUT2D eigenvalue weighted by molar-refractivity contribution is -0.296. The number of rotatable bonds is 6. The maximum absolute atomic E-state index is 11.2. The van der Waals surface area contributed by atoms with E-state index in [4.69, 9.17) is 14.2 Å². The molecule has 0 fully saturated rings. The second-order valence-corrected chi connectivity index (χ2v) is 3.84. The van der Waals surface area contributed by atoms with Crippen LogP contribution in [0, 0.1) is 0 Å². The highest BCUT2D eigenvalue weighted by Crippen LogP contribution is 2.07. The normalized spacial score (nSPS) is 11.2. The third-order valence-corrected chi connectivity index (χ3v) is 1.32. The summed E-state index contributed by atoms with van der Waals surface area (Å²) in [4.78, 5) is 11.2. The van der Waals surface area contributed by atoms with Crippen molar-refractivity contribution < 1.29 is 19.0 Å². The van der Waals surface area contributed by atoms with Crippen LogP contribution in [0.25, 0.3) is 0 Å². The lowest BCUT2D eigenvalue weighted by Crippen LogP contribution is -2.29. The molecule has 0 heterocycles. The Morgan fingerprint density at radius 3 is 1.73 bits per heavy atom. The van der Waals surface area contributed by atoms with E-state index in [-0.39, 0.29) is 12.2 Å². The van der Waals surface area contributed by atoms with E-state index in [1.54, 1.807) is 6.92 Å². The molecule has 0 aromatic rings. The summed E-state index contributed by atoms with van der Waals surface area (Å²) < 4.78 is 15.5. The fourth-order valence-corrected chi connectivity index (χ4v) is 0.720. The second kappa shape index (κ2) is 6.58. The van der Waals surface area contributed by atoms with Crippen molar-refractivity contribution in [1.82, 2.24) is 0 Å². The third kappa shape index (κ3) is 7.11. The van der Waals surface area contributed by atoms with Gasteiger partial charge in [-0.05, 0) is 34.6 Å². The molecule has 0 N–H and O–H groups in total. The molecule has 4 heteroatoms. The molecule has 0 saturated heterocycles. The van der Waals surface area contributed by atoms with E-state index >= 15 is 0 Å². The molecule has 88 valence electrons. The molecular formula is C11H20O4. The van der Waals surface area contributed by atoms with E-state index in [9.17, 15) is 4.79 Å². The van der Waals surface area contributed by atoms with Crippen LogP contribution >= 0.6 is 0 Å². The first-order valence-corrected chi connectivity index (χ1v) is 5.00. The number of hydrogen-bond acceptors (Lipinski definition) is 4. The van der Waals surface area contributed by atoms with E-state index in [0.29, 0.717) is 5.57 Å². The van der Waals surface area contributed by atoms with Gasteiger partial charge < -0.3 is 14.2 Å². The monoisotopic (exact) mass is 216 g/mol. The number of carbonyl (C=O) groups excluding carboxylic acids is 1. The van der Waals surface area contributed by atoms with E-state index in [1.165, 1.54) is 0 Å². The van der Waals surface area contributed by atoms with Crippen LogP contribution in [0.4, 0.5) is 0 Å². The lowest BCUT2D eigenvalue weighted by atomic mass is 10.4. The van der Waals surface area contributed by atoms with Gasteiger partial charge in [-0.25, -0.2) is 4.79 Å². The Kier molecular flexibility index (Phi) is 6.20. The van der Waals surface area contributed by atoms with Crippen LogP contribution in [0.2, 0.25) is 0 Å². The minimum atomic E-state index is -0.964. The minimum absolute atomic E-state index is 0.0772. The summed E-state index contributed by atoms with van der Waals surface area (Å²) in [6.45, 7) is 11.4. The standard InChI is InChI=1S/C11H20O4/c1-7(2)10(12)15-11(13-8(3)4)14-9(5)6/h8-9,11H,1H2,2-6H3. The van der Waals surface area contributed by atoms with E-state index in [2.05, 4.69) is 6.58 Å². The zero-order chi connectivity index (χ0) is 12.0. The predicted octanol–water partition coefficient (Wildman–Crippen LogP) is 2.24.